The first-order valence-electron chi connectivity index (χ1n) is 9.04. The molecule has 0 radical (unpaired) electrons. The van der Waals surface area contributed by atoms with E-state index in [9.17, 15) is 15.3 Å². The van der Waals surface area contributed by atoms with Crippen molar-refractivity contribution in [3.63, 3.8) is 0 Å². The molecule has 1 aliphatic heterocycles. The predicted octanol–water partition coefficient (Wildman–Crippen LogP) is 1.19. The number of aliphatic hydroxyl groups excluding tert-OH is 2. The van der Waals surface area contributed by atoms with Crippen LogP contribution in [0.25, 0.3) is 0 Å². The smallest absolute Gasteiger partial charge is 0.186 e. The Hall–Kier alpha value is -1.80. The van der Waals surface area contributed by atoms with E-state index in [2.05, 4.69) is 0 Å². The summed E-state index contributed by atoms with van der Waals surface area (Å²) in [5.41, 5.74) is 0.0166. The van der Waals surface area contributed by atoms with Crippen molar-refractivity contribution < 1.29 is 29.5 Å². The molecule has 6 heteroatoms. The highest BCUT2D eigenvalue weighted by molar-refractivity contribution is 5.35. The minimum Gasteiger partial charge on any atom is -0.390 e. The first-order chi connectivity index (χ1) is 13.1. The quantitative estimate of drug-likeness (QED) is 0.731. The Balaban J connectivity index is 1.58. The van der Waals surface area contributed by atoms with Crippen molar-refractivity contribution in [1.82, 2.24) is 0 Å². The largest absolute Gasteiger partial charge is 0.390 e. The van der Waals surface area contributed by atoms with Gasteiger partial charge in [-0.1, -0.05) is 60.7 Å². The van der Waals surface area contributed by atoms with Crippen LogP contribution in [0, 0.1) is 0 Å². The second kappa shape index (κ2) is 7.31. The molecule has 27 heavy (non-hydrogen) atoms. The lowest BCUT2D eigenvalue weighted by atomic mass is 9.57. The summed E-state index contributed by atoms with van der Waals surface area (Å²) in [6.45, 7) is 0.241. The highest BCUT2D eigenvalue weighted by atomic mass is 16.7. The number of hydrogen-bond donors (Lipinski definition) is 3. The van der Waals surface area contributed by atoms with Gasteiger partial charge in [-0.15, -0.1) is 0 Å². The number of benzene rings is 2. The topological polar surface area (TPSA) is 88.4 Å². The summed E-state index contributed by atoms with van der Waals surface area (Å²) in [6, 6.07) is 18.7. The summed E-state index contributed by atoms with van der Waals surface area (Å²) in [7, 11) is 1.44. The normalized spacial score (nSPS) is 38.1. The fraction of sp³-hybridized carbons (Fsp3) is 0.429. The minimum absolute atomic E-state index is 0.241. The summed E-state index contributed by atoms with van der Waals surface area (Å²) in [5, 5.41) is 32.8. The van der Waals surface area contributed by atoms with Crippen LogP contribution in [-0.4, -0.2) is 58.7 Å². The second-order valence-electron chi connectivity index (χ2n) is 7.13. The number of aliphatic hydroxyl groups is 3. The fourth-order valence-corrected chi connectivity index (χ4v) is 4.21. The molecule has 0 spiro atoms. The second-order valence-corrected chi connectivity index (χ2v) is 7.13. The van der Waals surface area contributed by atoms with Crippen molar-refractivity contribution in [3.05, 3.63) is 71.8 Å². The average molecular weight is 372 g/mol. The maximum absolute atomic E-state index is 11.3. The molecule has 144 valence electrons. The molecule has 4 rings (SSSR count). The molecule has 2 fully saturated rings. The van der Waals surface area contributed by atoms with Crippen molar-refractivity contribution >= 4 is 0 Å². The SMILES string of the molecule is CO[C@H]1O[C@@H]2C(O)C(c3ccccc3)[C@]2(O)[C@H](O)[C@H]1OCc1ccccc1. The van der Waals surface area contributed by atoms with E-state index >= 15 is 0 Å². The number of hydrogen-bond acceptors (Lipinski definition) is 6. The summed E-state index contributed by atoms with van der Waals surface area (Å²) in [6.07, 6.45) is -4.95. The van der Waals surface area contributed by atoms with Crippen LogP contribution in [0.4, 0.5) is 0 Å². The Bertz CT molecular complexity index is 754. The molecular formula is C21H24O6. The van der Waals surface area contributed by atoms with Gasteiger partial charge in [-0.2, -0.15) is 0 Å². The summed E-state index contributed by atoms with van der Waals surface area (Å²) in [4.78, 5) is 0. The van der Waals surface area contributed by atoms with E-state index in [0.717, 1.165) is 11.1 Å². The minimum atomic E-state index is -1.66. The van der Waals surface area contributed by atoms with E-state index in [1.54, 1.807) is 0 Å². The van der Waals surface area contributed by atoms with Gasteiger partial charge in [-0.25, -0.2) is 0 Å². The van der Waals surface area contributed by atoms with E-state index in [4.69, 9.17) is 14.2 Å². The molecule has 2 aromatic carbocycles. The van der Waals surface area contributed by atoms with Gasteiger partial charge in [0.1, 0.15) is 23.9 Å². The van der Waals surface area contributed by atoms with E-state index < -0.39 is 42.2 Å². The van der Waals surface area contributed by atoms with Gasteiger partial charge in [0.15, 0.2) is 6.29 Å². The van der Waals surface area contributed by atoms with Crippen molar-refractivity contribution in [1.29, 1.82) is 0 Å². The number of ether oxygens (including phenoxy) is 3. The first kappa shape index (κ1) is 18.6. The molecule has 0 bridgehead atoms. The lowest BCUT2D eigenvalue weighted by Gasteiger charge is -2.62. The molecule has 1 heterocycles. The predicted molar refractivity (Wildman–Crippen MR) is 96.8 cm³/mol. The van der Waals surface area contributed by atoms with Gasteiger partial charge >= 0.3 is 0 Å². The highest BCUT2D eigenvalue weighted by Crippen LogP contribution is 2.54. The Morgan fingerprint density at radius 3 is 2.26 bits per heavy atom. The van der Waals surface area contributed by atoms with Crippen LogP contribution in [0.3, 0.4) is 0 Å². The van der Waals surface area contributed by atoms with Crippen LogP contribution in [-0.2, 0) is 20.8 Å². The van der Waals surface area contributed by atoms with Crippen molar-refractivity contribution in [2.24, 2.45) is 0 Å². The molecule has 2 unspecified atom stereocenters. The molecule has 0 aromatic heterocycles. The zero-order valence-corrected chi connectivity index (χ0v) is 15.0. The van der Waals surface area contributed by atoms with Gasteiger partial charge < -0.3 is 29.5 Å². The number of methoxy groups -OCH3 is 1. The van der Waals surface area contributed by atoms with Crippen molar-refractivity contribution in [2.75, 3.05) is 7.11 Å². The Morgan fingerprint density at radius 1 is 1.00 bits per heavy atom. The summed E-state index contributed by atoms with van der Waals surface area (Å²) < 4.78 is 17.0. The third kappa shape index (κ3) is 2.99. The average Bonchev–Trinajstić information content (AvgIpc) is 2.70. The van der Waals surface area contributed by atoms with Crippen LogP contribution >= 0.6 is 0 Å². The van der Waals surface area contributed by atoms with Crippen molar-refractivity contribution in [3.8, 4) is 0 Å². The lowest BCUT2D eigenvalue weighted by molar-refractivity contribution is -0.389. The van der Waals surface area contributed by atoms with Crippen LogP contribution in [0.1, 0.15) is 17.0 Å². The Morgan fingerprint density at radius 2 is 1.63 bits per heavy atom. The third-order valence-electron chi connectivity index (χ3n) is 5.62. The van der Waals surface area contributed by atoms with E-state index in [1.807, 2.05) is 60.7 Å². The Kier molecular flexibility index (Phi) is 5.03. The van der Waals surface area contributed by atoms with Gasteiger partial charge in [-0.05, 0) is 11.1 Å². The molecule has 6 nitrogen and oxygen atoms in total. The molecule has 1 saturated carbocycles. The molecule has 7 atom stereocenters. The van der Waals surface area contributed by atoms with E-state index in [0.29, 0.717) is 0 Å². The van der Waals surface area contributed by atoms with E-state index in [1.165, 1.54) is 7.11 Å². The van der Waals surface area contributed by atoms with E-state index in [-0.39, 0.29) is 6.61 Å². The summed E-state index contributed by atoms with van der Waals surface area (Å²) >= 11 is 0. The number of rotatable bonds is 5. The lowest BCUT2D eigenvalue weighted by Crippen LogP contribution is -2.80. The molecule has 2 aromatic rings. The molecule has 2 aliphatic rings. The van der Waals surface area contributed by atoms with Gasteiger partial charge in [0.25, 0.3) is 0 Å². The molecule has 3 N–H and O–H groups in total. The molecule has 1 saturated heterocycles. The van der Waals surface area contributed by atoms with Crippen LogP contribution in [0.5, 0.6) is 0 Å². The van der Waals surface area contributed by atoms with Crippen LogP contribution in [0.15, 0.2) is 60.7 Å². The van der Waals surface area contributed by atoms with Gasteiger partial charge in [0.2, 0.25) is 0 Å². The molecule has 1 aliphatic carbocycles. The third-order valence-corrected chi connectivity index (χ3v) is 5.62. The van der Waals surface area contributed by atoms with Gasteiger partial charge in [0, 0.05) is 13.0 Å². The van der Waals surface area contributed by atoms with Gasteiger partial charge in [0.05, 0.1) is 12.7 Å². The maximum Gasteiger partial charge on any atom is 0.186 e. The number of fused-ring (bicyclic) bond motifs is 1. The monoisotopic (exact) mass is 372 g/mol. The van der Waals surface area contributed by atoms with Crippen LogP contribution in [0.2, 0.25) is 0 Å². The fourth-order valence-electron chi connectivity index (χ4n) is 4.21. The van der Waals surface area contributed by atoms with Crippen molar-refractivity contribution in [2.45, 2.75) is 48.8 Å². The molecular weight excluding hydrogens is 348 g/mol. The zero-order chi connectivity index (χ0) is 19.0. The Labute approximate surface area is 157 Å². The van der Waals surface area contributed by atoms with Gasteiger partial charge in [-0.3, -0.25) is 0 Å². The zero-order valence-electron chi connectivity index (χ0n) is 15.0. The summed E-state index contributed by atoms with van der Waals surface area (Å²) in [5.74, 6) is -0.667. The maximum atomic E-state index is 11.3. The van der Waals surface area contributed by atoms with Crippen LogP contribution < -0.4 is 0 Å². The first-order valence-corrected chi connectivity index (χ1v) is 9.04. The standard InChI is InChI=1S/C21H24O6/c1-25-20-17(26-12-13-8-4-2-5-9-13)18(23)21(24)15(16(22)19(21)27-20)14-10-6-3-7-11-14/h2-11,15-20,22-24H,12H2,1H3/t15?,16?,17-,18-,19-,20+,21+/m1/s1. The molecule has 0 amide bonds. The highest BCUT2D eigenvalue weighted by Gasteiger charge is 2.71.